The minimum Gasteiger partial charge on any atom is -0.454 e. The SMILES string of the molecule is CC(C)(C)OC(=O)C(=O)[C@@H](N)CCCNC(N)N. The number of hydrogen-bond acceptors (Lipinski definition) is 7. The fraction of sp³-hybridized carbons (Fsp3) is 0.818. The summed E-state index contributed by atoms with van der Waals surface area (Å²) in [5, 5.41) is 2.78. The first-order valence-corrected chi connectivity index (χ1v) is 5.91. The second-order valence-corrected chi connectivity index (χ2v) is 5.09. The van der Waals surface area contributed by atoms with Crippen LogP contribution >= 0.6 is 0 Å². The molecule has 18 heavy (non-hydrogen) atoms. The number of rotatable bonds is 7. The highest BCUT2D eigenvalue weighted by atomic mass is 16.6. The molecule has 0 unspecified atom stereocenters. The van der Waals surface area contributed by atoms with Crippen molar-refractivity contribution in [2.75, 3.05) is 6.54 Å². The van der Waals surface area contributed by atoms with E-state index < -0.39 is 29.7 Å². The monoisotopic (exact) mass is 260 g/mol. The van der Waals surface area contributed by atoms with Gasteiger partial charge in [-0.1, -0.05) is 0 Å². The molecule has 106 valence electrons. The molecule has 7 N–H and O–H groups in total. The normalized spacial score (nSPS) is 13.5. The zero-order chi connectivity index (χ0) is 14.3. The number of ether oxygens (including phenoxy) is 1. The van der Waals surface area contributed by atoms with Crippen LogP contribution in [0.3, 0.4) is 0 Å². The zero-order valence-corrected chi connectivity index (χ0v) is 11.2. The third kappa shape index (κ3) is 8.13. The van der Waals surface area contributed by atoms with E-state index in [1.807, 2.05) is 0 Å². The lowest BCUT2D eigenvalue weighted by Gasteiger charge is -2.20. The molecule has 0 aliphatic rings. The molecule has 7 heteroatoms. The Bertz CT molecular complexity index is 287. The van der Waals surface area contributed by atoms with E-state index in [1.54, 1.807) is 20.8 Å². The summed E-state index contributed by atoms with van der Waals surface area (Å²) < 4.78 is 4.94. The van der Waals surface area contributed by atoms with Crippen LogP contribution in [-0.2, 0) is 14.3 Å². The van der Waals surface area contributed by atoms with E-state index in [9.17, 15) is 9.59 Å². The summed E-state index contributed by atoms with van der Waals surface area (Å²) >= 11 is 0. The molecule has 0 aliphatic carbocycles. The van der Waals surface area contributed by atoms with Gasteiger partial charge in [0.2, 0.25) is 0 Å². The van der Waals surface area contributed by atoms with Gasteiger partial charge in [-0.15, -0.1) is 0 Å². The number of nitrogens with one attached hydrogen (secondary N) is 1. The van der Waals surface area contributed by atoms with Gasteiger partial charge >= 0.3 is 5.97 Å². The van der Waals surface area contributed by atoms with Crippen molar-refractivity contribution in [1.82, 2.24) is 5.32 Å². The van der Waals surface area contributed by atoms with E-state index in [4.69, 9.17) is 21.9 Å². The molecule has 0 saturated heterocycles. The van der Waals surface area contributed by atoms with Crippen LogP contribution in [0.2, 0.25) is 0 Å². The summed E-state index contributed by atoms with van der Waals surface area (Å²) in [4.78, 5) is 23.0. The Morgan fingerprint density at radius 1 is 1.22 bits per heavy atom. The van der Waals surface area contributed by atoms with E-state index in [-0.39, 0.29) is 0 Å². The third-order valence-electron chi connectivity index (χ3n) is 2.01. The van der Waals surface area contributed by atoms with Gasteiger partial charge in [-0.3, -0.25) is 10.1 Å². The van der Waals surface area contributed by atoms with Gasteiger partial charge in [0, 0.05) is 0 Å². The zero-order valence-electron chi connectivity index (χ0n) is 11.2. The predicted octanol–water partition coefficient (Wildman–Crippen LogP) is -1.20. The van der Waals surface area contributed by atoms with E-state index >= 15 is 0 Å². The standard InChI is InChI=1S/C11H24N4O3/c1-11(2,3)18-9(17)8(16)7(12)5-4-6-15-10(13)14/h7,10,15H,4-6,12-14H2,1-3H3/t7-/m0/s1. The van der Waals surface area contributed by atoms with Crippen molar-refractivity contribution in [3.63, 3.8) is 0 Å². The van der Waals surface area contributed by atoms with Crippen LogP contribution in [0.1, 0.15) is 33.6 Å². The fourth-order valence-corrected chi connectivity index (χ4v) is 1.20. The first-order chi connectivity index (χ1) is 8.13. The maximum Gasteiger partial charge on any atom is 0.376 e. The number of Topliss-reactive ketones (excluding diaryl/α,β-unsaturated/α-hetero) is 1. The number of nitrogens with two attached hydrogens (primary N) is 3. The van der Waals surface area contributed by atoms with Crippen LogP contribution < -0.4 is 22.5 Å². The summed E-state index contributed by atoms with van der Waals surface area (Å²) in [6.45, 7) is 5.61. The lowest BCUT2D eigenvalue weighted by Crippen LogP contribution is -2.46. The van der Waals surface area contributed by atoms with Crippen molar-refractivity contribution in [2.24, 2.45) is 17.2 Å². The highest BCUT2D eigenvalue weighted by molar-refractivity contribution is 6.35. The van der Waals surface area contributed by atoms with Crippen molar-refractivity contribution in [3.8, 4) is 0 Å². The molecule has 1 atom stereocenters. The molecule has 0 aromatic rings. The Kier molecular flexibility index (Phi) is 7.00. The smallest absolute Gasteiger partial charge is 0.376 e. The van der Waals surface area contributed by atoms with Crippen LogP contribution in [0.15, 0.2) is 0 Å². The van der Waals surface area contributed by atoms with Crippen LogP contribution in [-0.4, -0.2) is 36.2 Å². The number of ketones is 1. The van der Waals surface area contributed by atoms with Gasteiger partial charge in [0.25, 0.3) is 5.78 Å². The van der Waals surface area contributed by atoms with Crippen LogP contribution in [0.25, 0.3) is 0 Å². The average Bonchev–Trinajstić information content (AvgIpc) is 2.20. The van der Waals surface area contributed by atoms with Gasteiger partial charge in [0.15, 0.2) is 0 Å². The van der Waals surface area contributed by atoms with Crippen molar-refractivity contribution >= 4 is 11.8 Å². The Labute approximate surface area is 107 Å². The summed E-state index contributed by atoms with van der Waals surface area (Å²) in [5.74, 6) is -1.60. The Balaban J connectivity index is 3.99. The Morgan fingerprint density at radius 2 is 1.78 bits per heavy atom. The molecule has 0 rings (SSSR count). The highest BCUT2D eigenvalue weighted by Crippen LogP contribution is 2.08. The lowest BCUT2D eigenvalue weighted by molar-refractivity contribution is -0.163. The molecule has 0 saturated carbocycles. The lowest BCUT2D eigenvalue weighted by atomic mass is 10.1. The first kappa shape index (κ1) is 17.0. The van der Waals surface area contributed by atoms with Gasteiger partial charge in [-0.25, -0.2) is 4.79 Å². The topological polar surface area (TPSA) is 133 Å². The summed E-state index contributed by atoms with van der Waals surface area (Å²) in [5.41, 5.74) is 15.5. The Morgan fingerprint density at radius 3 is 2.22 bits per heavy atom. The molecule has 0 bridgehead atoms. The quantitative estimate of drug-likeness (QED) is 0.195. The van der Waals surface area contributed by atoms with Crippen LogP contribution in [0.5, 0.6) is 0 Å². The van der Waals surface area contributed by atoms with Crippen molar-refractivity contribution < 1.29 is 14.3 Å². The van der Waals surface area contributed by atoms with Gasteiger partial charge in [0.1, 0.15) is 11.9 Å². The van der Waals surface area contributed by atoms with Gasteiger partial charge in [-0.05, 0) is 40.2 Å². The van der Waals surface area contributed by atoms with E-state index in [0.717, 1.165) is 0 Å². The second kappa shape index (κ2) is 7.42. The molecule has 0 aliphatic heterocycles. The minimum atomic E-state index is -0.890. The fourth-order valence-electron chi connectivity index (χ4n) is 1.20. The summed E-state index contributed by atoms with van der Waals surface area (Å²) in [6, 6.07) is -0.851. The molecule has 0 aromatic heterocycles. The second-order valence-electron chi connectivity index (χ2n) is 5.09. The number of esters is 1. The molecule has 0 heterocycles. The molecule has 0 aromatic carbocycles. The molecular formula is C11H24N4O3. The molecule has 7 nitrogen and oxygen atoms in total. The third-order valence-corrected chi connectivity index (χ3v) is 2.01. The molecule has 0 amide bonds. The number of carbonyl (C=O) groups excluding carboxylic acids is 2. The summed E-state index contributed by atoms with van der Waals surface area (Å²) in [7, 11) is 0. The number of hydrogen-bond donors (Lipinski definition) is 4. The van der Waals surface area contributed by atoms with Gasteiger partial charge in [-0.2, -0.15) is 0 Å². The van der Waals surface area contributed by atoms with Gasteiger partial charge in [0.05, 0.1) is 6.04 Å². The maximum absolute atomic E-state index is 11.6. The van der Waals surface area contributed by atoms with Gasteiger partial charge < -0.3 is 21.9 Å². The first-order valence-electron chi connectivity index (χ1n) is 5.91. The highest BCUT2D eigenvalue weighted by Gasteiger charge is 2.27. The van der Waals surface area contributed by atoms with Crippen molar-refractivity contribution in [1.29, 1.82) is 0 Å². The average molecular weight is 260 g/mol. The van der Waals surface area contributed by atoms with Crippen LogP contribution in [0.4, 0.5) is 0 Å². The van der Waals surface area contributed by atoms with E-state index in [0.29, 0.717) is 19.4 Å². The van der Waals surface area contributed by atoms with E-state index in [2.05, 4.69) is 5.32 Å². The Hall–Kier alpha value is -1.02. The van der Waals surface area contributed by atoms with Crippen molar-refractivity contribution in [3.05, 3.63) is 0 Å². The molecular weight excluding hydrogens is 236 g/mol. The number of carbonyl (C=O) groups is 2. The predicted molar refractivity (Wildman–Crippen MR) is 68.2 cm³/mol. The van der Waals surface area contributed by atoms with Crippen molar-refractivity contribution in [2.45, 2.75) is 51.5 Å². The van der Waals surface area contributed by atoms with E-state index in [1.165, 1.54) is 0 Å². The maximum atomic E-state index is 11.6. The largest absolute Gasteiger partial charge is 0.454 e. The molecule has 0 spiro atoms. The molecule has 0 radical (unpaired) electrons. The molecule has 0 fully saturated rings. The van der Waals surface area contributed by atoms with Crippen LogP contribution in [0, 0.1) is 0 Å². The minimum absolute atomic E-state index is 0.373. The summed E-state index contributed by atoms with van der Waals surface area (Å²) in [6.07, 6.45) is 0.376.